The van der Waals surface area contributed by atoms with Gasteiger partial charge in [-0.2, -0.15) is 0 Å². The molecule has 1 aliphatic heterocycles. The molecule has 0 bridgehead atoms. The molecule has 3 heterocycles. The first-order valence-electron chi connectivity index (χ1n) is 6.74. The van der Waals surface area contributed by atoms with Crippen LogP contribution in [0, 0.1) is 0 Å². The molecule has 3 rings (SSSR count). The number of aromatic nitrogens is 2. The molecule has 1 saturated heterocycles. The van der Waals surface area contributed by atoms with Crippen molar-refractivity contribution in [3.8, 4) is 0 Å². The van der Waals surface area contributed by atoms with Crippen LogP contribution in [0.2, 0.25) is 0 Å². The fraction of sp³-hybridized carbons (Fsp3) is 0.375. The van der Waals surface area contributed by atoms with Gasteiger partial charge >= 0.3 is 0 Å². The van der Waals surface area contributed by atoms with E-state index in [1.54, 1.807) is 0 Å². The summed E-state index contributed by atoms with van der Waals surface area (Å²) in [6.07, 6.45) is 8.64. The molecular formula is C16H19N3. The van der Waals surface area contributed by atoms with Crippen molar-refractivity contribution in [2.45, 2.75) is 37.8 Å². The zero-order valence-electron chi connectivity index (χ0n) is 11.4. The second-order valence-electron chi connectivity index (χ2n) is 5.77. The first-order chi connectivity index (χ1) is 9.17. The van der Waals surface area contributed by atoms with Crippen molar-refractivity contribution in [3.63, 3.8) is 0 Å². The van der Waals surface area contributed by atoms with Crippen LogP contribution in [0.5, 0.6) is 0 Å². The molecule has 0 aliphatic carbocycles. The monoisotopic (exact) mass is 253 g/mol. The maximum absolute atomic E-state index is 4.22. The van der Waals surface area contributed by atoms with Gasteiger partial charge in [-0.15, -0.1) is 0 Å². The zero-order chi connectivity index (χ0) is 13.3. The van der Waals surface area contributed by atoms with Crippen molar-refractivity contribution in [1.82, 2.24) is 15.3 Å². The fourth-order valence-electron chi connectivity index (χ4n) is 3.09. The van der Waals surface area contributed by atoms with Crippen LogP contribution in [0.25, 0.3) is 0 Å². The van der Waals surface area contributed by atoms with Crippen LogP contribution >= 0.6 is 0 Å². The van der Waals surface area contributed by atoms with Gasteiger partial charge in [0, 0.05) is 42.3 Å². The van der Waals surface area contributed by atoms with Gasteiger partial charge in [0.1, 0.15) is 0 Å². The van der Waals surface area contributed by atoms with Crippen molar-refractivity contribution in [2.24, 2.45) is 0 Å². The van der Waals surface area contributed by atoms with Crippen molar-refractivity contribution >= 4 is 0 Å². The fourth-order valence-corrected chi connectivity index (χ4v) is 3.09. The van der Waals surface area contributed by atoms with Gasteiger partial charge in [0.05, 0.1) is 0 Å². The molecular weight excluding hydrogens is 234 g/mol. The van der Waals surface area contributed by atoms with E-state index < -0.39 is 0 Å². The van der Waals surface area contributed by atoms with Crippen LogP contribution in [-0.4, -0.2) is 15.5 Å². The van der Waals surface area contributed by atoms with E-state index in [0.29, 0.717) is 12.0 Å². The molecule has 0 unspecified atom stereocenters. The highest BCUT2D eigenvalue weighted by Crippen LogP contribution is 2.43. The van der Waals surface area contributed by atoms with Gasteiger partial charge in [0.15, 0.2) is 0 Å². The van der Waals surface area contributed by atoms with Crippen LogP contribution < -0.4 is 5.32 Å². The Bertz CT molecular complexity index is 536. The third-order valence-corrected chi connectivity index (χ3v) is 4.08. The summed E-state index contributed by atoms with van der Waals surface area (Å²) >= 11 is 0. The molecule has 0 radical (unpaired) electrons. The number of hydrogen-bond donors (Lipinski definition) is 1. The number of nitrogens with one attached hydrogen (secondary N) is 1. The highest BCUT2D eigenvalue weighted by atomic mass is 15.0. The third kappa shape index (κ3) is 2.38. The first kappa shape index (κ1) is 12.3. The van der Waals surface area contributed by atoms with E-state index in [4.69, 9.17) is 0 Å². The summed E-state index contributed by atoms with van der Waals surface area (Å²) in [5.74, 6) is 0.501. The average Bonchev–Trinajstić information content (AvgIpc) is 2.77. The number of rotatable bonds is 2. The van der Waals surface area contributed by atoms with Gasteiger partial charge in [0.25, 0.3) is 0 Å². The molecule has 0 amide bonds. The summed E-state index contributed by atoms with van der Waals surface area (Å²) in [5, 5.41) is 3.73. The lowest BCUT2D eigenvalue weighted by Crippen LogP contribution is -2.37. The van der Waals surface area contributed by atoms with Gasteiger partial charge in [-0.1, -0.05) is 6.07 Å². The Labute approximate surface area is 114 Å². The van der Waals surface area contributed by atoms with Gasteiger partial charge < -0.3 is 5.32 Å². The molecule has 1 aliphatic rings. The van der Waals surface area contributed by atoms with E-state index in [0.717, 1.165) is 6.42 Å². The van der Waals surface area contributed by atoms with Crippen LogP contribution in [0.15, 0.2) is 49.1 Å². The highest BCUT2D eigenvalue weighted by Gasteiger charge is 2.41. The van der Waals surface area contributed by atoms with Gasteiger partial charge in [0.2, 0.25) is 0 Å². The molecule has 2 aromatic heterocycles. The Balaban J connectivity index is 1.88. The predicted molar refractivity (Wildman–Crippen MR) is 75.8 cm³/mol. The molecule has 3 heteroatoms. The minimum Gasteiger partial charge on any atom is -0.304 e. The van der Waals surface area contributed by atoms with E-state index in [2.05, 4.69) is 47.3 Å². The Kier molecular flexibility index (Phi) is 3.07. The molecule has 98 valence electrons. The Morgan fingerprint density at radius 1 is 1.05 bits per heavy atom. The average molecular weight is 253 g/mol. The van der Waals surface area contributed by atoms with Crippen molar-refractivity contribution in [3.05, 3.63) is 60.2 Å². The lowest BCUT2D eigenvalue weighted by molar-refractivity contribution is 0.397. The van der Waals surface area contributed by atoms with Crippen LogP contribution in [0.1, 0.15) is 43.4 Å². The second-order valence-corrected chi connectivity index (χ2v) is 5.77. The van der Waals surface area contributed by atoms with Crippen molar-refractivity contribution < 1.29 is 0 Å². The lowest BCUT2D eigenvalue weighted by Gasteiger charge is -2.27. The Hall–Kier alpha value is -1.74. The van der Waals surface area contributed by atoms with Crippen molar-refractivity contribution in [1.29, 1.82) is 0 Å². The SMILES string of the molecule is CC1(C)N[C@H](c2cccnc2)C[C@@H]1c1ccncc1. The quantitative estimate of drug-likeness (QED) is 0.893. The van der Waals surface area contributed by atoms with Gasteiger partial charge in [-0.05, 0) is 49.6 Å². The molecule has 3 nitrogen and oxygen atoms in total. The predicted octanol–water partition coefficient (Wildman–Crippen LogP) is 3.07. The molecule has 0 saturated carbocycles. The normalized spacial score (nSPS) is 25.4. The van der Waals surface area contributed by atoms with E-state index >= 15 is 0 Å². The molecule has 2 atom stereocenters. The minimum absolute atomic E-state index is 0.0852. The molecule has 1 fully saturated rings. The largest absolute Gasteiger partial charge is 0.304 e. The first-order valence-corrected chi connectivity index (χ1v) is 6.74. The summed E-state index contributed by atoms with van der Waals surface area (Å²) in [6, 6.07) is 8.78. The molecule has 19 heavy (non-hydrogen) atoms. The molecule has 0 spiro atoms. The van der Waals surface area contributed by atoms with Gasteiger partial charge in [-0.3, -0.25) is 9.97 Å². The van der Waals surface area contributed by atoms with Crippen LogP contribution in [-0.2, 0) is 0 Å². The van der Waals surface area contributed by atoms with E-state index in [-0.39, 0.29) is 5.54 Å². The summed E-state index contributed by atoms with van der Waals surface area (Å²) in [4.78, 5) is 8.34. The number of nitrogens with zero attached hydrogens (tertiary/aromatic N) is 2. The Morgan fingerprint density at radius 3 is 2.53 bits per heavy atom. The van der Waals surface area contributed by atoms with E-state index in [9.17, 15) is 0 Å². The summed E-state index contributed by atoms with van der Waals surface area (Å²) in [6.45, 7) is 4.54. The third-order valence-electron chi connectivity index (χ3n) is 4.08. The number of pyridine rings is 2. The lowest BCUT2D eigenvalue weighted by atomic mass is 9.83. The summed E-state index contributed by atoms with van der Waals surface area (Å²) in [5.41, 5.74) is 2.72. The zero-order valence-corrected chi connectivity index (χ0v) is 11.4. The summed E-state index contributed by atoms with van der Waals surface area (Å²) < 4.78 is 0. The van der Waals surface area contributed by atoms with Crippen molar-refractivity contribution in [2.75, 3.05) is 0 Å². The molecule has 0 aromatic carbocycles. The van der Waals surface area contributed by atoms with Gasteiger partial charge in [-0.25, -0.2) is 0 Å². The maximum atomic E-state index is 4.22. The number of hydrogen-bond acceptors (Lipinski definition) is 3. The standard InChI is InChI=1S/C16H19N3/c1-16(2)14(12-5-8-17-9-6-12)10-15(19-16)13-4-3-7-18-11-13/h3-9,11,14-15,19H,10H2,1-2H3/t14-,15+/m1/s1. The Morgan fingerprint density at radius 2 is 1.84 bits per heavy atom. The maximum Gasteiger partial charge on any atom is 0.0346 e. The molecule has 2 aromatic rings. The summed E-state index contributed by atoms with van der Waals surface area (Å²) in [7, 11) is 0. The smallest absolute Gasteiger partial charge is 0.0346 e. The van der Waals surface area contributed by atoms with E-state index in [1.165, 1.54) is 11.1 Å². The molecule has 1 N–H and O–H groups in total. The van der Waals surface area contributed by atoms with E-state index in [1.807, 2.05) is 30.9 Å². The topological polar surface area (TPSA) is 37.8 Å². The second kappa shape index (κ2) is 4.74. The van der Waals surface area contributed by atoms with Crippen LogP contribution in [0.4, 0.5) is 0 Å². The highest BCUT2D eigenvalue weighted by molar-refractivity contribution is 5.27. The minimum atomic E-state index is 0.0852. The van der Waals surface area contributed by atoms with Crippen LogP contribution in [0.3, 0.4) is 0 Å².